The zero-order valence-electron chi connectivity index (χ0n) is 28.1. The first-order valence-corrected chi connectivity index (χ1v) is 17.7. The second-order valence-electron chi connectivity index (χ2n) is 15.5. The maximum absolute atomic E-state index is 16.5. The summed E-state index contributed by atoms with van der Waals surface area (Å²) in [5.41, 5.74) is 5.32. The molecule has 0 radical (unpaired) electrons. The minimum absolute atomic E-state index is 0.0516. The van der Waals surface area contributed by atoms with Crippen molar-refractivity contribution < 1.29 is 28.2 Å². The molecule has 3 aliphatic carbocycles. The van der Waals surface area contributed by atoms with Crippen LogP contribution in [-0.4, -0.2) is 120 Å². The fourth-order valence-corrected chi connectivity index (χ4v) is 9.32. The molecule has 258 valence electrons. The third-order valence-corrected chi connectivity index (χ3v) is 11.5. The predicted molar refractivity (Wildman–Crippen MR) is 171 cm³/mol. The van der Waals surface area contributed by atoms with Crippen molar-refractivity contribution in [3.63, 3.8) is 0 Å². The van der Waals surface area contributed by atoms with E-state index in [-0.39, 0.29) is 42.0 Å². The highest BCUT2D eigenvalue weighted by Crippen LogP contribution is 2.51. The molecule has 0 spiro atoms. The van der Waals surface area contributed by atoms with E-state index in [1.165, 1.54) is 25.7 Å². The summed E-state index contributed by atoms with van der Waals surface area (Å²) in [6, 6.07) is -0.958. The number of likely N-dealkylation sites (N-methyl/N-ethyl adjacent to an activating group) is 1. The molecule has 10 unspecified atom stereocenters. The average Bonchev–Trinajstić information content (AvgIpc) is 3.45. The Morgan fingerprint density at radius 2 is 1.87 bits per heavy atom. The predicted octanol–water partition coefficient (Wildman–Crippen LogP) is 2.54. The van der Waals surface area contributed by atoms with Gasteiger partial charge in [0.2, 0.25) is 0 Å². The number of nitrogens with two attached hydrogens (primary N) is 1. The molecule has 3 saturated carbocycles. The number of nitrogens with one attached hydrogen (secondary N) is 2. The van der Waals surface area contributed by atoms with E-state index in [4.69, 9.17) is 15.2 Å². The number of nitrogens with zero attached hydrogens (tertiary/aromatic N) is 3. The average molecular weight is 647 g/mol. The number of ether oxygens (including phenoxy) is 2. The number of fused-ring (bicyclic) bond motifs is 3. The zero-order valence-corrected chi connectivity index (χ0v) is 28.1. The number of alkyl carbamates (subject to hydrolysis) is 1. The molecule has 0 aromatic rings. The van der Waals surface area contributed by atoms with Crippen molar-refractivity contribution in [3.8, 4) is 0 Å². The van der Waals surface area contributed by atoms with Crippen LogP contribution >= 0.6 is 0 Å². The Labute approximate surface area is 273 Å². The molecule has 12 heteroatoms. The Kier molecular flexibility index (Phi) is 10.00. The van der Waals surface area contributed by atoms with Crippen molar-refractivity contribution in [1.82, 2.24) is 25.3 Å². The minimum atomic E-state index is -1.30. The number of Topliss-reactive ketones (excluding diaryl/α,β-unsaturated/α-hetero) is 1. The number of hydrogen-bond donors (Lipinski definition) is 3. The first-order chi connectivity index (χ1) is 22.0. The van der Waals surface area contributed by atoms with Crippen LogP contribution in [-0.2, 0) is 19.1 Å². The van der Waals surface area contributed by atoms with E-state index in [0.717, 1.165) is 19.4 Å². The second-order valence-corrected chi connectivity index (χ2v) is 15.5. The molecule has 6 aliphatic rings. The van der Waals surface area contributed by atoms with E-state index in [1.54, 1.807) is 0 Å². The van der Waals surface area contributed by atoms with Gasteiger partial charge in [-0.05, 0) is 64.8 Å². The van der Waals surface area contributed by atoms with E-state index in [0.29, 0.717) is 51.1 Å². The lowest BCUT2D eigenvalue weighted by Crippen LogP contribution is -2.73. The SMILES string of the molecule is CCN(CN)CCNC(=O)C1=CN2C3CC4CCCCC4CC3OC3C(N4CCC(NC(=O)OC(C)(C)C)C4)C(F)CC(C1=O)C32. The number of rotatable bonds is 8. The van der Waals surface area contributed by atoms with Crippen LogP contribution in [0.2, 0.25) is 0 Å². The number of halogens is 1. The smallest absolute Gasteiger partial charge is 0.407 e. The van der Waals surface area contributed by atoms with Gasteiger partial charge in [-0.2, -0.15) is 0 Å². The number of likely N-dealkylation sites (tertiary alicyclic amines) is 1. The molecule has 0 aromatic carbocycles. The van der Waals surface area contributed by atoms with Crippen LogP contribution in [0.15, 0.2) is 11.8 Å². The third kappa shape index (κ3) is 6.82. The fourth-order valence-electron chi connectivity index (χ4n) is 9.32. The molecular formula is C34H55FN6O5. The molecule has 5 fully saturated rings. The molecule has 2 amide bonds. The van der Waals surface area contributed by atoms with Gasteiger partial charge in [-0.1, -0.05) is 32.6 Å². The number of carbonyl (C=O) groups excluding carboxylic acids is 3. The molecule has 11 nitrogen and oxygen atoms in total. The Morgan fingerprint density at radius 3 is 2.57 bits per heavy atom. The van der Waals surface area contributed by atoms with Crippen molar-refractivity contribution in [3.05, 3.63) is 11.8 Å². The van der Waals surface area contributed by atoms with Gasteiger partial charge in [0, 0.05) is 51.0 Å². The quantitative estimate of drug-likeness (QED) is 0.269. The van der Waals surface area contributed by atoms with Gasteiger partial charge in [0.15, 0.2) is 5.78 Å². The van der Waals surface area contributed by atoms with Gasteiger partial charge in [0.1, 0.15) is 11.8 Å². The van der Waals surface area contributed by atoms with Crippen LogP contribution in [0.4, 0.5) is 9.18 Å². The lowest BCUT2D eigenvalue weighted by molar-refractivity contribution is -0.219. The monoisotopic (exact) mass is 646 g/mol. The Balaban J connectivity index is 1.24. The second kappa shape index (κ2) is 13.7. The number of hydrogen-bond acceptors (Lipinski definition) is 9. The minimum Gasteiger partial charge on any atom is -0.444 e. The first-order valence-electron chi connectivity index (χ1n) is 17.7. The maximum atomic E-state index is 16.5. The molecule has 0 bridgehead atoms. The molecule has 46 heavy (non-hydrogen) atoms. The fraction of sp³-hybridized carbons (Fsp3) is 0.853. The van der Waals surface area contributed by atoms with Crippen LogP contribution in [0.1, 0.15) is 79.1 Å². The van der Waals surface area contributed by atoms with Gasteiger partial charge in [-0.25, -0.2) is 9.18 Å². The molecule has 3 aliphatic heterocycles. The van der Waals surface area contributed by atoms with Gasteiger partial charge >= 0.3 is 6.09 Å². The molecule has 4 N–H and O–H groups in total. The van der Waals surface area contributed by atoms with Crippen molar-refractivity contribution in [2.75, 3.05) is 39.4 Å². The van der Waals surface area contributed by atoms with Crippen molar-refractivity contribution in [2.24, 2.45) is 23.5 Å². The van der Waals surface area contributed by atoms with Crippen LogP contribution in [0.3, 0.4) is 0 Å². The summed E-state index contributed by atoms with van der Waals surface area (Å²) in [5, 5.41) is 5.91. The first kappa shape index (κ1) is 33.6. The van der Waals surface area contributed by atoms with E-state index < -0.39 is 41.8 Å². The summed E-state index contributed by atoms with van der Waals surface area (Å²) in [6.45, 7) is 10.8. The highest BCUT2D eigenvalue weighted by molar-refractivity contribution is 6.20. The third-order valence-electron chi connectivity index (χ3n) is 11.5. The normalized spacial score (nSPS) is 37.6. The largest absolute Gasteiger partial charge is 0.444 e. The maximum Gasteiger partial charge on any atom is 0.407 e. The molecule has 6 rings (SSSR count). The van der Waals surface area contributed by atoms with Crippen LogP contribution in [0.5, 0.6) is 0 Å². The summed E-state index contributed by atoms with van der Waals surface area (Å²) in [7, 11) is 0. The van der Waals surface area contributed by atoms with Crippen molar-refractivity contribution in [2.45, 2.75) is 127 Å². The Bertz CT molecular complexity index is 1180. The van der Waals surface area contributed by atoms with Crippen LogP contribution in [0.25, 0.3) is 0 Å². The van der Waals surface area contributed by atoms with E-state index in [9.17, 15) is 14.4 Å². The van der Waals surface area contributed by atoms with Crippen LogP contribution in [0, 0.1) is 17.8 Å². The lowest BCUT2D eigenvalue weighted by Gasteiger charge is -2.61. The molecule has 2 saturated heterocycles. The highest BCUT2D eigenvalue weighted by Gasteiger charge is 2.61. The molecule has 10 atom stereocenters. The number of carbonyl (C=O) groups is 3. The van der Waals surface area contributed by atoms with Gasteiger partial charge in [-0.15, -0.1) is 0 Å². The standard InChI is InChI=1S/C34H55FN6O5/c1-5-39(19-36)13-11-37-32(43)24-18-41-26-14-20-8-6-7-9-21(20)15-27(26)45-31-28(41)23(30(24)42)16-25(35)29(31)40-12-10-22(17-40)38-33(44)46-34(2,3)4/h18,20-23,25-29,31H,5-17,19,36H2,1-4H3,(H,37,43)(H,38,44). The summed E-state index contributed by atoms with van der Waals surface area (Å²) in [5.74, 6) is -0.117. The Morgan fingerprint density at radius 1 is 1.13 bits per heavy atom. The number of alkyl halides is 1. The highest BCUT2D eigenvalue weighted by atomic mass is 19.1. The van der Waals surface area contributed by atoms with Gasteiger partial charge in [0.05, 0.1) is 35.9 Å². The van der Waals surface area contributed by atoms with Crippen molar-refractivity contribution in [1.29, 1.82) is 0 Å². The molecule has 3 heterocycles. The van der Waals surface area contributed by atoms with Gasteiger partial charge < -0.3 is 30.7 Å². The number of ketones is 1. The van der Waals surface area contributed by atoms with Gasteiger partial charge in [-0.3, -0.25) is 19.4 Å². The number of amides is 2. The number of morpholine rings is 1. The van der Waals surface area contributed by atoms with Crippen molar-refractivity contribution >= 4 is 17.8 Å². The summed E-state index contributed by atoms with van der Waals surface area (Å²) in [4.78, 5) is 46.4. The van der Waals surface area contributed by atoms with Gasteiger partial charge in [0.25, 0.3) is 5.91 Å². The van der Waals surface area contributed by atoms with Crippen LogP contribution < -0.4 is 16.4 Å². The van der Waals surface area contributed by atoms with E-state index in [1.807, 2.05) is 38.8 Å². The Hall–Kier alpha value is -2.28. The lowest BCUT2D eigenvalue weighted by atomic mass is 9.64. The topological polar surface area (TPSA) is 129 Å². The van der Waals surface area contributed by atoms with E-state index >= 15 is 4.39 Å². The summed E-state index contributed by atoms with van der Waals surface area (Å²) >= 11 is 0. The summed E-state index contributed by atoms with van der Waals surface area (Å²) < 4.78 is 28.9. The molecular weight excluding hydrogens is 591 g/mol. The zero-order chi connectivity index (χ0) is 32.7. The summed E-state index contributed by atoms with van der Waals surface area (Å²) in [6.07, 6.45) is 6.98. The van der Waals surface area contributed by atoms with E-state index in [2.05, 4.69) is 20.4 Å². The molecule has 0 aromatic heterocycles.